The fraction of sp³-hybridized carbons (Fsp3) is 0.333. The van der Waals surface area contributed by atoms with Crippen LogP contribution in [0.2, 0.25) is 0 Å². The molecule has 0 saturated heterocycles. The summed E-state index contributed by atoms with van der Waals surface area (Å²) in [6.07, 6.45) is 0.909. The van der Waals surface area contributed by atoms with Crippen molar-refractivity contribution < 1.29 is 21.9 Å². The Balaban J connectivity index is 2.51. The quantitative estimate of drug-likeness (QED) is 0.505. The first kappa shape index (κ1) is 9.93. The summed E-state index contributed by atoms with van der Waals surface area (Å²) in [5.74, 6) is -0.221. The zero-order chi connectivity index (χ0) is 11.1. The van der Waals surface area contributed by atoms with E-state index in [0.717, 1.165) is 11.0 Å². The van der Waals surface area contributed by atoms with Crippen LogP contribution in [0.4, 0.5) is 0 Å². The minimum Gasteiger partial charge on any atom is -0.396 e. The van der Waals surface area contributed by atoms with Crippen molar-refractivity contribution in [3.05, 3.63) is 5.69 Å². The van der Waals surface area contributed by atoms with E-state index in [0.29, 0.717) is 0 Å². The SMILES string of the molecule is N=Cn1nc(CCO)c2c1OS(=O)(=O)O2. The summed E-state index contributed by atoms with van der Waals surface area (Å²) in [5, 5.41) is 19.5. The number of nitrogens with one attached hydrogen (secondary N) is 1. The number of aliphatic hydroxyl groups is 1. The average Bonchev–Trinajstić information content (AvgIpc) is 2.61. The Kier molecular flexibility index (Phi) is 2.12. The predicted octanol–water partition coefficient (Wildman–Crippen LogP) is -1.11. The smallest absolute Gasteiger partial charge is 0.396 e. The molecular weight excluding hydrogens is 226 g/mol. The first-order chi connectivity index (χ1) is 7.07. The van der Waals surface area contributed by atoms with Crippen LogP contribution in [-0.2, 0) is 16.8 Å². The van der Waals surface area contributed by atoms with Crippen LogP contribution in [-0.4, -0.2) is 36.3 Å². The third-order valence-corrected chi connectivity index (χ3v) is 2.46. The molecule has 1 aromatic heterocycles. The molecule has 15 heavy (non-hydrogen) atoms. The number of hydrogen-bond donors (Lipinski definition) is 2. The van der Waals surface area contributed by atoms with E-state index in [4.69, 9.17) is 10.5 Å². The standard InChI is InChI=1S/C6H7N3O5S/c7-3-9-6-5(4(8-9)1-2-10)13-15(11,12)14-6/h3,7,10H,1-2H2. The number of aliphatic hydroxyl groups excluding tert-OH is 1. The highest BCUT2D eigenvalue weighted by atomic mass is 32.3. The van der Waals surface area contributed by atoms with Gasteiger partial charge in [0.25, 0.3) is 5.88 Å². The van der Waals surface area contributed by atoms with Crippen LogP contribution in [0.1, 0.15) is 5.69 Å². The summed E-state index contributed by atoms with van der Waals surface area (Å²) in [6.45, 7) is -0.204. The Morgan fingerprint density at radius 2 is 2.27 bits per heavy atom. The fourth-order valence-electron chi connectivity index (χ4n) is 1.18. The van der Waals surface area contributed by atoms with Crippen LogP contribution in [0.5, 0.6) is 11.6 Å². The molecule has 1 aliphatic heterocycles. The van der Waals surface area contributed by atoms with Gasteiger partial charge in [-0.3, -0.25) is 5.41 Å². The highest BCUT2D eigenvalue weighted by Crippen LogP contribution is 2.38. The second-order valence-electron chi connectivity index (χ2n) is 2.70. The molecule has 0 aliphatic carbocycles. The third kappa shape index (κ3) is 1.55. The summed E-state index contributed by atoms with van der Waals surface area (Å²) < 4.78 is 31.8. The fourth-order valence-corrected chi connectivity index (χ4v) is 1.93. The lowest BCUT2D eigenvalue weighted by Crippen LogP contribution is -2.12. The van der Waals surface area contributed by atoms with Crippen molar-refractivity contribution in [1.82, 2.24) is 9.78 Å². The van der Waals surface area contributed by atoms with Gasteiger partial charge in [0.2, 0.25) is 5.75 Å². The highest BCUT2D eigenvalue weighted by molar-refractivity contribution is 7.82. The molecule has 2 rings (SSSR count). The van der Waals surface area contributed by atoms with Crippen LogP contribution < -0.4 is 8.37 Å². The van der Waals surface area contributed by atoms with E-state index in [1.807, 2.05) is 0 Å². The minimum absolute atomic E-state index is 0.0625. The Labute approximate surface area is 84.9 Å². The summed E-state index contributed by atoms with van der Waals surface area (Å²) in [6, 6.07) is 0. The van der Waals surface area contributed by atoms with Crippen LogP contribution in [0.25, 0.3) is 0 Å². The van der Waals surface area contributed by atoms with Gasteiger partial charge in [-0.2, -0.15) is 9.78 Å². The van der Waals surface area contributed by atoms with Crippen molar-refractivity contribution in [2.75, 3.05) is 6.61 Å². The van der Waals surface area contributed by atoms with Gasteiger partial charge in [0.15, 0.2) is 0 Å². The lowest BCUT2D eigenvalue weighted by atomic mass is 10.3. The number of fused-ring (bicyclic) bond motifs is 1. The van der Waals surface area contributed by atoms with E-state index in [-0.39, 0.29) is 30.4 Å². The van der Waals surface area contributed by atoms with Crippen molar-refractivity contribution in [2.45, 2.75) is 6.42 Å². The molecule has 2 heterocycles. The van der Waals surface area contributed by atoms with Crippen molar-refractivity contribution in [3.8, 4) is 11.6 Å². The molecule has 1 aliphatic rings. The first-order valence-electron chi connectivity index (χ1n) is 3.94. The van der Waals surface area contributed by atoms with Crippen LogP contribution in [0.15, 0.2) is 0 Å². The van der Waals surface area contributed by atoms with Gasteiger partial charge in [0, 0.05) is 13.0 Å². The summed E-state index contributed by atoms with van der Waals surface area (Å²) in [4.78, 5) is 0. The maximum atomic E-state index is 11.0. The molecule has 1 aromatic rings. The van der Waals surface area contributed by atoms with E-state index < -0.39 is 10.4 Å². The lowest BCUT2D eigenvalue weighted by molar-refractivity contribution is 0.296. The highest BCUT2D eigenvalue weighted by Gasteiger charge is 2.36. The number of hydrogen-bond acceptors (Lipinski definition) is 7. The molecule has 0 atom stereocenters. The summed E-state index contributed by atoms with van der Waals surface area (Å²) in [7, 11) is -4.08. The number of nitrogens with zero attached hydrogens (tertiary/aromatic N) is 2. The molecular formula is C6H7N3O5S. The first-order valence-corrected chi connectivity index (χ1v) is 5.27. The lowest BCUT2D eigenvalue weighted by Gasteiger charge is -1.96. The molecule has 0 radical (unpaired) electrons. The zero-order valence-electron chi connectivity index (χ0n) is 7.37. The van der Waals surface area contributed by atoms with E-state index in [2.05, 4.69) is 13.5 Å². The molecule has 0 saturated carbocycles. The van der Waals surface area contributed by atoms with Gasteiger partial charge in [-0.1, -0.05) is 0 Å². The maximum Gasteiger partial charge on any atom is 0.502 e. The van der Waals surface area contributed by atoms with Crippen molar-refractivity contribution in [3.63, 3.8) is 0 Å². The second-order valence-corrected chi connectivity index (χ2v) is 3.85. The van der Waals surface area contributed by atoms with Gasteiger partial charge < -0.3 is 13.5 Å². The minimum atomic E-state index is -4.08. The Bertz CT molecular complexity index is 505. The topological polar surface area (TPSA) is 115 Å². The predicted molar refractivity (Wildman–Crippen MR) is 47.4 cm³/mol. The summed E-state index contributed by atoms with van der Waals surface area (Å²) in [5.41, 5.74) is 0.233. The second kappa shape index (κ2) is 3.21. The van der Waals surface area contributed by atoms with Gasteiger partial charge in [-0.15, -0.1) is 8.42 Å². The Hall–Kier alpha value is -1.61. The van der Waals surface area contributed by atoms with Crippen molar-refractivity contribution in [2.24, 2.45) is 0 Å². The van der Waals surface area contributed by atoms with E-state index in [1.165, 1.54) is 0 Å². The summed E-state index contributed by atoms with van der Waals surface area (Å²) >= 11 is 0. The molecule has 8 nitrogen and oxygen atoms in total. The molecule has 9 heteroatoms. The molecule has 0 fully saturated rings. The molecule has 0 aromatic carbocycles. The van der Waals surface area contributed by atoms with Crippen molar-refractivity contribution in [1.29, 1.82) is 5.41 Å². The normalized spacial score (nSPS) is 16.6. The van der Waals surface area contributed by atoms with Gasteiger partial charge in [-0.25, -0.2) is 0 Å². The number of rotatable bonds is 3. The Morgan fingerprint density at radius 3 is 2.87 bits per heavy atom. The maximum absolute atomic E-state index is 11.0. The monoisotopic (exact) mass is 233 g/mol. The molecule has 0 bridgehead atoms. The van der Waals surface area contributed by atoms with E-state index >= 15 is 0 Å². The molecule has 0 amide bonds. The van der Waals surface area contributed by atoms with Gasteiger partial charge >= 0.3 is 10.4 Å². The molecule has 0 spiro atoms. The van der Waals surface area contributed by atoms with Gasteiger partial charge in [-0.05, 0) is 0 Å². The van der Waals surface area contributed by atoms with E-state index in [1.54, 1.807) is 0 Å². The third-order valence-electron chi connectivity index (χ3n) is 1.73. The largest absolute Gasteiger partial charge is 0.502 e. The van der Waals surface area contributed by atoms with Crippen molar-refractivity contribution >= 4 is 16.7 Å². The average molecular weight is 233 g/mol. The molecule has 82 valence electrons. The van der Waals surface area contributed by atoms with Crippen LogP contribution >= 0.6 is 0 Å². The van der Waals surface area contributed by atoms with Gasteiger partial charge in [0.1, 0.15) is 12.0 Å². The van der Waals surface area contributed by atoms with Crippen LogP contribution in [0, 0.1) is 5.41 Å². The Morgan fingerprint density at radius 1 is 1.53 bits per heavy atom. The van der Waals surface area contributed by atoms with Gasteiger partial charge in [0.05, 0.1) is 0 Å². The van der Waals surface area contributed by atoms with E-state index in [9.17, 15) is 8.42 Å². The number of aromatic nitrogens is 2. The molecule has 0 unspecified atom stereocenters. The molecule has 2 N–H and O–H groups in total. The zero-order valence-corrected chi connectivity index (χ0v) is 8.19. The van der Waals surface area contributed by atoms with Crippen LogP contribution in [0.3, 0.4) is 0 Å².